The van der Waals surface area contributed by atoms with E-state index in [0.717, 1.165) is 29.0 Å². The van der Waals surface area contributed by atoms with Gasteiger partial charge in [0.15, 0.2) is 0 Å². The summed E-state index contributed by atoms with van der Waals surface area (Å²) in [7, 11) is 1.76. The Morgan fingerprint density at radius 3 is 2.83 bits per heavy atom. The van der Waals surface area contributed by atoms with E-state index in [1.807, 2.05) is 24.3 Å². The number of nitrogens with one attached hydrogen (secondary N) is 1. The van der Waals surface area contributed by atoms with Crippen molar-refractivity contribution in [2.75, 3.05) is 20.3 Å². The van der Waals surface area contributed by atoms with Gasteiger partial charge in [0, 0.05) is 40.3 Å². The number of likely N-dealkylation sites (tertiary alicyclic amines) is 1. The van der Waals surface area contributed by atoms with Crippen molar-refractivity contribution in [3.05, 3.63) is 67.5 Å². The van der Waals surface area contributed by atoms with Crippen molar-refractivity contribution >= 4 is 45.3 Å². The molecule has 1 aromatic heterocycles. The predicted octanol–water partition coefficient (Wildman–Crippen LogP) is 4.20. The summed E-state index contributed by atoms with van der Waals surface area (Å²) in [6.07, 6.45) is 4.01. The molecule has 0 bridgehead atoms. The third kappa shape index (κ3) is 4.58. The van der Waals surface area contributed by atoms with E-state index in [0.29, 0.717) is 22.4 Å². The van der Waals surface area contributed by atoms with Gasteiger partial charge in [0.1, 0.15) is 0 Å². The van der Waals surface area contributed by atoms with Gasteiger partial charge in [-0.2, -0.15) is 0 Å². The Bertz CT molecular complexity index is 1120. The molecule has 1 aliphatic rings. The first-order valence-corrected chi connectivity index (χ1v) is 11.0. The van der Waals surface area contributed by atoms with Gasteiger partial charge in [0.2, 0.25) is 5.88 Å². The van der Waals surface area contributed by atoms with Gasteiger partial charge in [-0.3, -0.25) is 19.7 Å². The second-order valence-electron chi connectivity index (χ2n) is 7.55. The Morgan fingerprint density at radius 2 is 2.07 bits per heavy atom. The molecule has 7 heteroatoms. The third-order valence-corrected chi connectivity index (χ3v) is 6.20. The van der Waals surface area contributed by atoms with E-state index < -0.39 is 0 Å². The lowest BCUT2D eigenvalue weighted by atomic mass is 10.1. The topological polar surface area (TPSA) is 77.9 Å². The molecule has 1 atom stereocenters. The average Bonchev–Trinajstić information content (AvgIpc) is 3.16. The summed E-state index contributed by atoms with van der Waals surface area (Å²) in [4.78, 5) is 21.6. The van der Waals surface area contributed by atoms with Gasteiger partial charge >= 0.3 is 0 Å². The Hall–Kier alpha value is -2.23. The van der Waals surface area contributed by atoms with Crippen molar-refractivity contribution in [1.29, 1.82) is 0 Å². The number of methoxy groups -OCH3 is 1. The van der Waals surface area contributed by atoms with E-state index in [1.54, 1.807) is 19.4 Å². The summed E-state index contributed by atoms with van der Waals surface area (Å²) in [5.41, 5.74) is 2.22. The van der Waals surface area contributed by atoms with Crippen molar-refractivity contribution < 1.29 is 9.84 Å². The van der Waals surface area contributed by atoms with Crippen LogP contribution >= 0.6 is 22.6 Å². The quantitative estimate of drug-likeness (QED) is 0.380. The van der Waals surface area contributed by atoms with Crippen LogP contribution in [0.1, 0.15) is 24.0 Å². The maximum Gasteiger partial charge on any atom is 0.258 e. The summed E-state index contributed by atoms with van der Waals surface area (Å²) in [6.45, 7) is 2.78. The number of hydrogen-bond donors (Lipinski definition) is 2. The molecule has 0 spiro atoms. The van der Waals surface area contributed by atoms with Crippen LogP contribution in [-0.4, -0.2) is 47.5 Å². The Balaban J connectivity index is 1.54. The van der Waals surface area contributed by atoms with Crippen LogP contribution < -0.4 is 5.56 Å². The lowest BCUT2D eigenvalue weighted by molar-refractivity contribution is 0.112. The van der Waals surface area contributed by atoms with Crippen LogP contribution in [0, 0.1) is 3.57 Å². The van der Waals surface area contributed by atoms with Crippen molar-refractivity contribution in [2.24, 2.45) is 4.99 Å². The first-order valence-electron chi connectivity index (χ1n) is 9.95. The molecule has 2 aromatic carbocycles. The molecular formula is C23H24IN3O3. The third-order valence-electron chi connectivity index (χ3n) is 5.53. The second kappa shape index (κ2) is 9.28. The number of benzene rings is 2. The highest BCUT2D eigenvalue weighted by Gasteiger charge is 2.24. The lowest BCUT2D eigenvalue weighted by Crippen LogP contribution is -2.32. The molecule has 0 saturated carbocycles. The number of hydrogen-bond acceptors (Lipinski definition) is 5. The van der Waals surface area contributed by atoms with Gasteiger partial charge in [0.05, 0.1) is 17.9 Å². The van der Waals surface area contributed by atoms with Gasteiger partial charge in [-0.25, -0.2) is 0 Å². The van der Waals surface area contributed by atoms with Crippen LogP contribution in [0.15, 0.2) is 52.3 Å². The van der Waals surface area contributed by atoms with Gasteiger partial charge in [-0.15, -0.1) is 0 Å². The number of aromatic amines is 1. The number of H-pyrrole nitrogens is 1. The van der Waals surface area contributed by atoms with Gasteiger partial charge in [-0.05, 0) is 77.9 Å². The average molecular weight is 517 g/mol. The minimum Gasteiger partial charge on any atom is -0.494 e. The monoisotopic (exact) mass is 517 g/mol. The number of fused-ring (bicyclic) bond motifs is 1. The fraction of sp³-hybridized carbons (Fsp3) is 0.304. The number of pyridine rings is 1. The number of rotatable bonds is 6. The zero-order chi connectivity index (χ0) is 21.1. The molecule has 0 unspecified atom stereocenters. The van der Waals surface area contributed by atoms with Crippen LogP contribution in [0.5, 0.6) is 5.88 Å². The van der Waals surface area contributed by atoms with E-state index >= 15 is 0 Å². The number of ether oxygens (including phenoxy) is 1. The van der Waals surface area contributed by atoms with Crippen molar-refractivity contribution in [1.82, 2.24) is 9.88 Å². The van der Waals surface area contributed by atoms with Crippen LogP contribution in [0.25, 0.3) is 10.8 Å². The highest BCUT2D eigenvalue weighted by atomic mass is 127. The molecule has 1 aliphatic heterocycles. The molecule has 156 valence electrons. The van der Waals surface area contributed by atoms with Crippen LogP contribution in [0.2, 0.25) is 0 Å². The fourth-order valence-electron chi connectivity index (χ4n) is 3.98. The summed E-state index contributed by atoms with van der Waals surface area (Å²) in [5, 5.41) is 11.5. The van der Waals surface area contributed by atoms with E-state index in [9.17, 15) is 9.90 Å². The van der Waals surface area contributed by atoms with Gasteiger partial charge in [0.25, 0.3) is 5.56 Å². The standard InChI is InChI=1S/C23H24IN3O3/c1-30-14-18-3-2-10-27(18)13-15-4-7-17(8-5-15)25-12-21-20-11-16(24)6-9-19(20)22(28)26-23(21)29/h4-9,11-12,18H,2-3,10,13-14H2,1H3,(H2,26,28,29)/t18-/m0/s1. The minimum atomic E-state index is -0.311. The van der Waals surface area contributed by atoms with E-state index in [4.69, 9.17) is 4.74 Å². The van der Waals surface area contributed by atoms with E-state index in [-0.39, 0.29) is 11.4 Å². The van der Waals surface area contributed by atoms with Gasteiger partial charge in [-0.1, -0.05) is 12.1 Å². The van der Waals surface area contributed by atoms with Crippen LogP contribution in [-0.2, 0) is 11.3 Å². The zero-order valence-corrected chi connectivity index (χ0v) is 18.9. The Labute approximate surface area is 188 Å². The molecule has 1 saturated heterocycles. The molecule has 4 rings (SSSR count). The Morgan fingerprint density at radius 1 is 1.27 bits per heavy atom. The summed E-state index contributed by atoms with van der Waals surface area (Å²) in [5.74, 6) is -0.173. The maximum atomic E-state index is 12.1. The minimum absolute atomic E-state index is 0.173. The highest BCUT2D eigenvalue weighted by molar-refractivity contribution is 14.1. The molecule has 6 nitrogen and oxygen atoms in total. The predicted molar refractivity (Wildman–Crippen MR) is 128 cm³/mol. The second-order valence-corrected chi connectivity index (χ2v) is 8.80. The summed E-state index contributed by atoms with van der Waals surface area (Å²) in [6, 6.07) is 14.1. The SMILES string of the molecule is COC[C@@H]1CCCN1Cc1ccc(N=Cc2c(O)[nH]c(=O)c3ccc(I)cc23)cc1. The molecule has 30 heavy (non-hydrogen) atoms. The maximum absolute atomic E-state index is 12.1. The smallest absolute Gasteiger partial charge is 0.258 e. The normalized spacial score (nSPS) is 17.3. The van der Waals surface area contributed by atoms with Crippen molar-refractivity contribution in [2.45, 2.75) is 25.4 Å². The van der Waals surface area contributed by atoms with Crippen LogP contribution in [0.3, 0.4) is 0 Å². The number of aromatic hydroxyl groups is 1. The number of nitrogens with zero attached hydrogens (tertiary/aromatic N) is 2. The largest absolute Gasteiger partial charge is 0.494 e. The Kier molecular flexibility index (Phi) is 6.50. The highest BCUT2D eigenvalue weighted by Crippen LogP contribution is 2.25. The fourth-order valence-corrected chi connectivity index (χ4v) is 4.47. The first kappa shape index (κ1) is 21.0. The van der Waals surface area contributed by atoms with Crippen molar-refractivity contribution in [3.8, 4) is 5.88 Å². The van der Waals surface area contributed by atoms with E-state index in [1.165, 1.54) is 18.4 Å². The molecule has 0 amide bonds. The summed E-state index contributed by atoms with van der Waals surface area (Å²) < 4.78 is 6.32. The van der Waals surface area contributed by atoms with Crippen LogP contribution in [0.4, 0.5) is 5.69 Å². The molecule has 1 fully saturated rings. The lowest BCUT2D eigenvalue weighted by Gasteiger charge is -2.23. The first-order chi connectivity index (χ1) is 14.5. The molecule has 3 aromatic rings. The molecular weight excluding hydrogens is 493 g/mol. The molecule has 0 aliphatic carbocycles. The molecule has 2 N–H and O–H groups in total. The summed E-state index contributed by atoms with van der Waals surface area (Å²) >= 11 is 2.19. The molecule has 2 heterocycles. The van der Waals surface area contributed by atoms with Crippen molar-refractivity contribution in [3.63, 3.8) is 0 Å². The van der Waals surface area contributed by atoms with Gasteiger partial charge < -0.3 is 9.84 Å². The number of aliphatic imine (C=N–C) groups is 1. The van der Waals surface area contributed by atoms with E-state index in [2.05, 4.69) is 49.6 Å². The number of aromatic nitrogens is 1. The molecule has 0 radical (unpaired) electrons. The number of halogens is 1. The zero-order valence-electron chi connectivity index (χ0n) is 16.8.